The molecule has 138 valence electrons. The lowest BCUT2D eigenvalue weighted by atomic mass is 9.99. The second kappa shape index (κ2) is 7.88. The van der Waals surface area contributed by atoms with Gasteiger partial charge in [-0.2, -0.15) is 0 Å². The average Bonchev–Trinajstić information content (AvgIpc) is 3.29. The smallest absolute Gasteiger partial charge is 0.192 e. The SMILES string of the molecule is O=C1CCCC[C@@H]1Sc1nnc(-c2ccc(F)cc2)n1C[C@@H]1CCCO1. The number of halogens is 1. The molecular formula is C19H22FN3O2S. The molecule has 26 heavy (non-hydrogen) atoms. The molecular weight excluding hydrogens is 353 g/mol. The molecule has 0 N–H and O–H groups in total. The van der Waals surface area contributed by atoms with Crippen LogP contribution in [0.25, 0.3) is 11.4 Å². The number of aromatic nitrogens is 3. The standard InChI is InChI=1S/C19H22FN3O2S/c20-14-9-7-13(8-10-14)18-21-22-19(23(18)12-15-4-3-11-25-15)26-17-6-2-1-5-16(17)24/h7-10,15,17H,1-6,11-12H2/t15-,17-/m0/s1. The normalized spacial score (nSPS) is 23.5. The Morgan fingerprint density at radius 3 is 2.73 bits per heavy atom. The molecule has 7 heteroatoms. The topological polar surface area (TPSA) is 57.0 Å². The lowest BCUT2D eigenvalue weighted by Gasteiger charge is -2.20. The molecule has 1 aromatic carbocycles. The van der Waals surface area contributed by atoms with E-state index in [9.17, 15) is 9.18 Å². The van der Waals surface area contributed by atoms with Gasteiger partial charge in [0, 0.05) is 18.6 Å². The molecule has 0 amide bonds. The first-order chi connectivity index (χ1) is 12.7. The van der Waals surface area contributed by atoms with E-state index in [4.69, 9.17) is 4.74 Å². The van der Waals surface area contributed by atoms with Crippen LogP contribution in [0.4, 0.5) is 4.39 Å². The fraction of sp³-hybridized carbons (Fsp3) is 0.526. The van der Waals surface area contributed by atoms with Crippen LogP contribution in [-0.2, 0) is 16.1 Å². The van der Waals surface area contributed by atoms with Crippen molar-refractivity contribution in [3.63, 3.8) is 0 Å². The predicted molar refractivity (Wildman–Crippen MR) is 97.5 cm³/mol. The first-order valence-corrected chi connectivity index (χ1v) is 10.1. The summed E-state index contributed by atoms with van der Waals surface area (Å²) in [6, 6.07) is 6.28. The van der Waals surface area contributed by atoms with Gasteiger partial charge in [0.25, 0.3) is 0 Å². The maximum atomic E-state index is 13.3. The Labute approximate surface area is 156 Å². The van der Waals surface area contributed by atoms with Crippen molar-refractivity contribution in [1.82, 2.24) is 14.8 Å². The number of benzene rings is 1. The second-order valence-electron chi connectivity index (χ2n) is 6.88. The fourth-order valence-corrected chi connectivity index (χ4v) is 4.71. The van der Waals surface area contributed by atoms with E-state index in [-0.39, 0.29) is 17.2 Å². The van der Waals surface area contributed by atoms with Gasteiger partial charge in [0.1, 0.15) is 11.6 Å². The van der Waals surface area contributed by atoms with Crippen molar-refractivity contribution in [2.24, 2.45) is 0 Å². The fourth-order valence-electron chi connectivity index (χ4n) is 3.55. The zero-order chi connectivity index (χ0) is 17.9. The number of ketones is 1. The summed E-state index contributed by atoms with van der Waals surface area (Å²) >= 11 is 1.51. The summed E-state index contributed by atoms with van der Waals surface area (Å²) in [5, 5.41) is 9.42. The molecule has 0 spiro atoms. The maximum Gasteiger partial charge on any atom is 0.192 e. The van der Waals surface area contributed by atoms with Gasteiger partial charge in [-0.3, -0.25) is 9.36 Å². The van der Waals surface area contributed by atoms with Gasteiger partial charge in [-0.1, -0.05) is 18.2 Å². The summed E-state index contributed by atoms with van der Waals surface area (Å²) in [4.78, 5) is 12.2. The highest BCUT2D eigenvalue weighted by Gasteiger charge is 2.28. The summed E-state index contributed by atoms with van der Waals surface area (Å²) in [5.41, 5.74) is 0.818. The molecule has 0 unspecified atom stereocenters. The zero-order valence-electron chi connectivity index (χ0n) is 14.6. The molecule has 2 aromatic rings. The maximum absolute atomic E-state index is 13.3. The molecule has 1 aliphatic heterocycles. The molecule has 5 nitrogen and oxygen atoms in total. The number of carbonyl (C=O) groups is 1. The van der Waals surface area contributed by atoms with Crippen LogP contribution < -0.4 is 0 Å². The van der Waals surface area contributed by atoms with Gasteiger partial charge in [-0.25, -0.2) is 4.39 Å². The van der Waals surface area contributed by atoms with E-state index < -0.39 is 0 Å². The number of Topliss-reactive ketones (excluding diaryl/α,β-unsaturated/α-hetero) is 1. The highest BCUT2D eigenvalue weighted by Crippen LogP contribution is 2.33. The largest absolute Gasteiger partial charge is 0.376 e. The predicted octanol–water partition coefficient (Wildman–Crippen LogP) is 3.87. The highest BCUT2D eigenvalue weighted by atomic mass is 32.2. The molecule has 2 atom stereocenters. The van der Waals surface area contributed by atoms with Crippen LogP contribution in [0.15, 0.2) is 29.4 Å². The van der Waals surface area contributed by atoms with Crippen LogP contribution in [0, 0.1) is 5.82 Å². The van der Waals surface area contributed by atoms with Crippen molar-refractivity contribution < 1.29 is 13.9 Å². The molecule has 1 aromatic heterocycles. The Morgan fingerprint density at radius 1 is 1.15 bits per heavy atom. The number of thioether (sulfide) groups is 1. The van der Waals surface area contributed by atoms with Crippen molar-refractivity contribution in [2.75, 3.05) is 6.61 Å². The summed E-state index contributed by atoms with van der Waals surface area (Å²) < 4.78 is 21.1. The van der Waals surface area contributed by atoms with Gasteiger partial charge in [0.2, 0.25) is 0 Å². The minimum Gasteiger partial charge on any atom is -0.376 e. The third-order valence-corrected chi connectivity index (χ3v) is 6.27. The molecule has 1 aliphatic carbocycles. The number of ether oxygens (including phenoxy) is 1. The van der Waals surface area contributed by atoms with Crippen LogP contribution in [-0.4, -0.2) is 38.5 Å². The highest BCUT2D eigenvalue weighted by molar-refractivity contribution is 8.00. The molecule has 0 radical (unpaired) electrons. The Bertz CT molecular complexity index is 772. The van der Waals surface area contributed by atoms with E-state index >= 15 is 0 Å². The van der Waals surface area contributed by atoms with Crippen molar-refractivity contribution in [3.05, 3.63) is 30.1 Å². The van der Waals surface area contributed by atoms with E-state index in [0.717, 1.165) is 49.4 Å². The third-order valence-electron chi connectivity index (χ3n) is 4.98. The van der Waals surface area contributed by atoms with E-state index in [1.165, 1.54) is 23.9 Å². The van der Waals surface area contributed by atoms with E-state index in [0.29, 0.717) is 24.6 Å². The van der Waals surface area contributed by atoms with Gasteiger partial charge in [-0.15, -0.1) is 10.2 Å². The average molecular weight is 375 g/mol. The van der Waals surface area contributed by atoms with Crippen LogP contribution in [0.3, 0.4) is 0 Å². The van der Waals surface area contributed by atoms with E-state index in [1.807, 2.05) is 4.57 Å². The zero-order valence-corrected chi connectivity index (χ0v) is 15.4. The third kappa shape index (κ3) is 3.83. The minimum absolute atomic E-state index is 0.0442. The van der Waals surface area contributed by atoms with Gasteiger partial charge >= 0.3 is 0 Å². The lowest BCUT2D eigenvalue weighted by molar-refractivity contribution is -0.119. The van der Waals surface area contributed by atoms with Crippen molar-refractivity contribution >= 4 is 17.5 Å². The van der Waals surface area contributed by atoms with Crippen LogP contribution >= 0.6 is 11.8 Å². The van der Waals surface area contributed by atoms with Crippen LogP contribution in [0.1, 0.15) is 38.5 Å². The first kappa shape index (κ1) is 17.7. The first-order valence-electron chi connectivity index (χ1n) is 9.21. The molecule has 2 fully saturated rings. The van der Waals surface area contributed by atoms with Gasteiger partial charge in [0.05, 0.1) is 17.9 Å². The number of rotatable bonds is 5. The summed E-state index contributed by atoms with van der Waals surface area (Å²) in [6.45, 7) is 1.44. The van der Waals surface area contributed by atoms with Crippen molar-refractivity contribution in [1.29, 1.82) is 0 Å². The Hall–Kier alpha value is -1.73. The molecule has 4 rings (SSSR count). The van der Waals surface area contributed by atoms with Gasteiger partial charge in [-0.05, 0) is 49.9 Å². The summed E-state index contributed by atoms with van der Waals surface area (Å²) in [7, 11) is 0. The molecule has 1 saturated carbocycles. The van der Waals surface area contributed by atoms with Crippen molar-refractivity contribution in [2.45, 2.75) is 61.6 Å². The monoisotopic (exact) mass is 375 g/mol. The number of carbonyl (C=O) groups excluding carboxylic acids is 1. The Morgan fingerprint density at radius 2 is 2.00 bits per heavy atom. The Kier molecular flexibility index (Phi) is 5.36. The molecule has 2 aliphatic rings. The molecule has 1 saturated heterocycles. The number of hydrogen-bond donors (Lipinski definition) is 0. The lowest BCUT2D eigenvalue weighted by Crippen LogP contribution is -2.23. The van der Waals surface area contributed by atoms with E-state index in [2.05, 4.69) is 10.2 Å². The molecule has 2 heterocycles. The summed E-state index contributed by atoms with van der Waals surface area (Å²) in [5.74, 6) is 0.726. The minimum atomic E-state index is -0.277. The summed E-state index contributed by atoms with van der Waals surface area (Å²) in [6.07, 6.45) is 5.81. The number of nitrogens with zero attached hydrogens (tertiary/aromatic N) is 3. The second-order valence-corrected chi connectivity index (χ2v) is 8.05. The van der Waals surface area contributed by atoms with Crippen LogP contribution in [0.2, 0.25) is 0 Å². The van der Waals surface area contributed by atoms with Crippen molar-refractivity contribution in [3.8, 4) is 11.4 Å². The Balaban J connectivity index is 1.63. The van der Waals surface area contributed by atoms with Crippen LogP contribution in [0.5, 0.6) is 0 Å². The quantitative estimate of drug-likeness (QED) is 0.794. The van der Waals surface area contributed by atoms with E-state index in [1.54, 1.807) is 12.1 Å². The number of hydrogen-bond acceptors (Lipinski definition) is 5. The van der Waals surface area contributed by atoms with Gasteiger partial charge in [0.15, 0.2) is 11.0 Å². The van der Waals surface area contributed by atoms with Gasteiger partial charge < -0.3 is 4.74 Å². The molecule has 0 bridgehead atoms.